The molecular formula is C20H25N3OS. The van der Waals surface area contributed by atoms with Crippen LogP contribution in [-0.2, 0) is 12.8 Å². The van der Waals surface area contributed by atoms with Gasteiger partial charge in [-0.3, -0.25) is 0 Å². The molecule has 0 unspecified atom stereocenters. The summed E-state index contributed by atoms with van der Waals surface area (Å²) in [5.41, 5.74) is 5.02. The van der Waals surface area contributed by atoms with Crippen LogP contribution in [0.5, 0.6) is 0 Å². The van der Waals surface area contributed by atoms with E-state index in [0.29, 0.717) is 0 Å². The number of aromatic nitrogens is 3. The van der Waals surface area contributed by atoms with Gasteiger partial charge in [-0.05, 0) is 49.5 Å². The van der Waals surface area contributed by atoms with Crippen molar-refractivity contribution in [2.24, 2.45) is 0 Å². The summed E-state index contributed by atoms with van der Waals surface area (Å²) in [6, 6.07) is 2.24. The van der Waals surface area contributed by atoms with Gasteiger partial charge in [0, 0.05) is 5.69 Å². The Morgan fingerprint density at radius 2 is 1.96 bits per heavy atom. The minimum absolute atomic E-state index is 0.723. The van der Waals surface area contributed by atoms with Crippen LogP contribution in [0.2, 0.25) is 0 Å². The van der Waals surface area contributed by atoms with Crippen LogP contribution >= 0.6 is 11.8 Å². The molecule has 0 radical (unpaired) electrons. The van der Waals surface area contributed by atoms with Crippen molar-refractivity contribution in [2.45, 2.75) is 69.7 Å². The third-order valence-corrected chi connectivity index (χ3v) is 6.03. The molecule has 5 heteroatoms. The molecule has 3 aromatic heterocycles. The summed E-state index contributed by atoms with van der Waals surface area (Å²) in [5, 5.41) is 2.00. The van der Waals surface area contributed by atoms with Crippen LogP contribution in [0.3, 0.4) is 0 Å². The first-order chi connectivity index (χ1) is 12.4. The number of furan rings is 1. The molecule has 3 aromatic rings. The Labute approximate surface area is 152 Å². The number of hydrogen-bond donors (Lipinski definition) is 0. The molecule has 0 aliphatic heterocycles. The number of hydrogen-bond acceptors (Lipinski definition) is 5. The second-order valence-corrected chi connectivity index (χ2v) is 7.96. The molecule has 1 aliphatic carbocycles. The number of nitrogens with zero attached hydrogens (tertiary/aromatic N) is 3. The third kappa shape index (κ3) is 3.52. The van der Waals surface area contributed by atoms with E-state index in [0.717, 1.165) is 45.8 Å². The average molecular weight is 356 g/mol. The van der Waals surface area contributed by atoms with Crippen molar-refractivity contribution in [3.05, 3.63) is 23.7 Å². The van der Waals surface area contributed by atoms with Crippen molar-refractivity contribution >= 4 is 34.0 Å². The van der Waals surface area contributed by atoms with E-state index in [9.17, 15) is 0 Å². The Bertz CT molecular complexity index is 874. The highest BCUT2D eigenvalue weighted by Crippen LogP contribution is 2.34. The highest BCUT2D eigenvalue weighted by atomic mass is 32.2. The van der Waals surface area contributed by atoms with E-state index >= 15 is 0 Å². The van der Waals surface area contributed by atoms with Crippen molar-refractivity contribution < 1.29 is 4.42 Å². The third-order valence-electron chi connectivity index (χ3n) is 4.98. The van der Waals surface area contributed by atoms with Gasteiger partial charge in [-0.25, -0.2) is 15.0 Å². The summed E-state index contributed by atoms with van der Waals surface area (Å²) in [6.07, 6.45) is 12.8. The van der Waals surface area contributed by atoms with E-state index in [1.165, 1.54) is 56.2 Å². The molecule has 0 saturated heterocycles. The molecule has 4 rings (SSSR count). The maximum absolute atomic E-state index is 6.09. The fourth-order valence-electron chi connectivity index (χ4n) is 3.58. The number of unbranched alkanes of at least 4 members (excludes halogenated alkanes) is 4. The van der Waals surface area contributed by atoms with E-state index in [4.69, 9.17) is 9.40 Å². The molecule has 1 aliphatic rings. The number of pyridine rings is 1. The highest BCUT2D eigenvalue weighted by molar-refractivity contribution is 7.99. The Balaban J connectivity index is 1.58. The topological polar surface area (TPSA) is 51.8 Å². The molecule has 132 valence electrons. The molecule has 0 spiro atoms. The highest BCUT2D eigenvalue weighted by Gasteiger charge is 2.18. The van der Waals surface area contributed by atoms with Crippen LogP contribution in [0, 0.1) is 0 Å². The summed E-state index contributed by atoms with van der Waals surface area (Å²) < 4.78 is 6.09. The Kier molecular flexibility index (Phi) is 5.20. The normalized spacial score (nSPS) is 14.3. The van der Waals surface area contributed by atoms with Crippen molar-refractivity contribution in [3.63, 3.8) is 0 Å². The van der Waals surface area contributed by atoms with E-state index in [1.807, 2.05) is 0 Å². The lowest BCUT2D eigenvalue weighted by Gasteiger charge is -2.13. The molecule has 0 aromatic carbocycles. The zero-order valence-corrected chi connectivity index (χ0v) is 15.7. The fourth-order valence-corrected chi connectivity index (χ4v) is 4.51. The fraction of sp³-hybridized carbons (Fsp3) is 0.550. The number of thioether (sulfide) groups is 1. The second kappa shape index (κ2) is 7.73. The largest absolute Gasteiger partial charge is 0.433 e. The standard InChI is InChI=1S/C20H25N3OS/c1-2-3-4-5-8-11-25-20-18-17(21-13-22-20)15-12-14-9-6-7-10-16(14)23-19(15)24-18/h12-13H,2-11H2,1H3. The van der Waals surface area contributed by atoms with Crippen molar-refractivity contribution in [1.82, 2.24) is 15.0 Å². The molecule has 3 heterocycles. The molecule has 0 fully saturated rings. The summed E-state index contributed by atoms with van der Waals surface area (Å²) in [6.45, 7) is 2.25. The summed E-state index contributed by atoms with van der Waals surface area (Å²) in [4.78, 5) is 13.7. The molecule has 4 nitrogen and oxygen atoms in total. The Morgan fingerprint density at radius 1 is 1.08 bits per heavy atom. The first-order valence-electron chi connectivity index (χ1n) is 9.55. The Morgan fingerprint density at radius 3 is 2.88 bits per heavy atom. The molecule has 0 saturated carbocycles. The maximum Gasteiger partial charge on any atom is 0.229 e. The van der Waals surface area contributed by atoms with Crippen LogP contribution in [0.4, 0.5) is 0 Å². The first-order valence-corrected chi connectivity index (χ1v) is 10.5. The van der Waals surface area contributed by atoms with Gasteiger partial charge in [0.25, 0.3) is 0 Å². The van der Waals surface area contributed by atoms with Crippen LogP contribution in [0.1, 0.15) is 63.1 Å². The number of aryl methyl sites for hydroxylation is 2. The lowest BCUT2D eigenvalue weighted by atomic mass is 9.95. The van der Waals surface area contributed by atoms with Gasteiger partial charge >= 0.3 is 0 Å². The van der Waals surface area contributed by atoms with E-state index in [-0.39, 0.29) is 0 Å². The van der Waals surface area contributed by atoms with Gasteiger partial charge in [0.05, 0.1) is 5.39 Å². The minimum Gasteiger partial charge on any atom is -0.433 e. The van der Waals surface area contributed by atoms with E-state index in [2.05, 4.69) is 23.0 Å². The zero-order valence-electron chi connectivity index (χ0n) is 14.9. The van der Waals surface area contributed by atoms with Gasteiger partial charge < -0.3 is 4.42 Å². The van der Waals surface area contributed by atoms with Gasteiger partial charge in [0.2, 0.25) is 5.71 Å². The van der Waals surface area contributed by atoms with Gasteiger partial charge in [0.15, 0.2) is 5.58 Å². The molecule has 25 heavy (non-hydrogen) atoms. The average Bonchev–Trinajstić information content (AvgIpc) is 3.01. The van der Waals surface area contributed by atoms with Crippen LogP contribution in [0.25, 0.3) is 22.2 Å². The summed E-state index contributed by atoms with van der Waals surface area (Å²) in [5.74, 6) is 1.08. The lowest BCUT2D eigenvalue weighted by molar-refractivity contribution is 0.623. The molecule has 0 bridgehead atoms. The Hall–Kier alpha value is -1.62. The predicted molar refractivity (Wildman–Crippen MR) is 103 cm³/mol. The first kappa shape index (κ1) is 16.8. The monoisotopic (exact) mass is 355 g/mol. The zero-order chi connectivity index (χ0) is 17.1. The molecule has 0 atom stereocenters. The van der Waals surface area contributed by atoms with Crippen LogP contribution in [0.15, 0.2) is 21.8 Å². The van der Waals surface area contributed by atoms with E-state index < -0.39 is 0 Å². The molecular weight excluding hydrogens is 330 g/mol. The van der Waals surface area contributed by atoms with Gasteiger partial charge in [-0.1, -0.05) is 32.6 Å². The number of rotatable bonds is 7. The molecule has 0 N–H and O–H groups in total. The lowest BCUT2D eigenvalue weighted by Crippen LogP contribution is -2.04. The minimum atomic E-state index is 0.723. The van der Waals surface area contributed by atoms with Gasteiger partial charge in [-0.2, -0.15) is 0 Å². The number of fused-ring (bicyclic) bond motifs is 4. The van der Waals surface area contributed by atoms with Crippen molar-refractivity contribution in [3.8, 4) is 0 Å². The summed E-state index contributed by atoms with van der Waals surface area (Å²) in [7, 11) is 0. The maximum atomic E-state index is 6.09. The predicted octanol–water partition coefficient (Wildman–Crippen LogP) is 5.71. The smallest absolute Gasteiger partial charge is 0.229 e. The van der Waals surface area contributed by atoms with Gasteiger partial charge in [-0.15, -0.1) is 11.8 Å². The quantitative estimate of drug-likeness (QED) is 0.308. The van der Waals surface area contributed by atoms with Crippen LogP contribution in [-0.4, -0.2) is 20.7 Å². The summed E-state index contributed by atoms with van der Waals surface area (Å²) >= 11 is 1.78. The second-order valence-electron chi connectivity index (χ2n) is 6.88. The van der Waals surface area contributed by atoms with Gasteiger partial charge in [0.1, 0.15) is 16.9 Å². The SMILES string of the molecule is CCCCCCCSc1ncnc2c1oc1nc3c(cc12)CCCC3. The van der Waals surface area contributed by atoms with Crippen LogP contribution < -0.4 is 0 Å². The van der Waals surface area contributed by atoms with E-state index in [1.54, 1.807) is 18.1 Å². The van der Waals surface area contributed by atoms with Crippen molar-refractivity contribution in [1.29, 1.82) is 0 Å². The molecule has 0 amide bonds. The van der Waals surface area contributed by atoms with Crippen molar-refractivity contribution in [2.75, 3.05) is 5.75 Å².